The predicted molar refractivity (Wildman–Crippen MR) is 55.2 cm³/mol. The van der Waals surface area contributed by atoms with Gasteiger partial charge in [-0.15, -0.1) is 0 Å². The maximum Gasteiger partial charge on any atom is 0.224 e. The molecule has 1 rings (SSSR count). The van der Waals surface area contributed by atoms with Gasteiger partial charge in [-0.1, -0.05) is 0 Å². The van der Waals surface area contributed by atoms with E-state index in [9.17, 15) is 4.79 Å². The van der Waals surface area contributed by atoms with Crippen LogP contribution in [0.5, 0.6) is 0 Å². The van der Waals surface area contributed by atoms with E-state index in [0.717, 1.165) is 19.6 Å². The molecule has 0 N–H and O–H groups in total. The van der Waals surface area contributed by atoms with Gasteiger partial charge >= 0.3 is 0 Å². The molecule has 1 aliphatic rings. The summed E-state index contributed by atoms with van der Waals surface area (Å²) in [5.74, 6) is 0.215. The van der Waals surface area contributed by atoms with Gasteiger partial charge in [-0.3, -0.25) is 4.79 Å². The van der Waals surface area contributed by atoms with Gasteiger partial charge in [-0.25, -0.2) is 0 Å². The number of amides is 1. The average Bonchev–Trinajstić information content (AvgIpc) is 2.18. The molecule has 4 heteroatoms. The van der Waals surface area contributed by atoms with E-state index < -0.39 is 0 Å². The first-order valence-corrected chi connectivity index (χ1v) is 5.12. The Labute approximate surface area is 85.8 Å². The van der Waals surface area contributed by atoms with Crippen molar-refractivity contribution in [2.45, 2.75) is 19.4 Å². The molecule has 0 bridgehead atoms. The van der Waals surface area contributed by atoms with Crippen LogP contribution in [0, 0.1) is 0 Å². The number of carbonyl (C=O) groups excluding carboxylic acids is 1. The highest BCUT2D eigenvalue weighted by Crippen LogP contribution is 2.08. The number of ether oxygens (including phenoxy) is 1. The normalized spacial score (nSPS) is 23.9. The summed E-state index contributed by atoms with van der Waals surface area (Å²) in [6.45, 7) is 5.34. The molecule has 1 fully saturated rings. The van der Waals surface area contributed by atoms with Crippen molar-refractivity contribution in [3.63, 3.8) is 0 Å². The van der Waals surface area contributed by atoms with Crippen LogP contribution in [0.4, 0.5) is 0 Å². The van der Waals surface area contributed by atoms with E-state index in [1.807, 2.05) is 4.90 Å². The highest BCUT2D eigenvalue weighted by atomic mass is 16.5. The molecule has 1 unspecified atom stereocenters. The van der Waals surface area contributed by atoms with Crippen LogP contribution in [0.2, 0.25) is 0 Å². The molecule has 0 aliphatic carbocycles. The van der Waals surface area contributed by atoms with Gasteiger partial charge in [0, 0.05) is 32.8 Å². The Morgan fingerprint density at radius 2 is 2.21 bits per heavy atom. The molecule has 1 aliphatic heterocycles. The lowest BCUT2D eigenvalue weighted by Gasteiger charge is -2.37. The maximum absolute atomic E-state index is 11.6. The summed E-state index contributed by atoms with van der Waals surface area (Å²) in [4.78, 5) is 15.8. The minimum Gasteiger partial charge on any atom is -0.384 e. The molecule has 1 heterocycles. The highest BCUT2D eigenvalue weighted by Gasteiger charge is 2.23. The van der Waals surface area contributed by atoms with E-state index in [1.165, 1.54) is 0 Å². The second-order valence-corrected chi connectivity index (χ2v) is 3.91. The molecule has 1 amide bonds. The van der Waals surface area contributed by atoms with Crippen LogP contribution in [0.1, 0.15) is 13.3 Å². The monoisotopic (exact) mass is 200 g/mol. The van der Waals surface area contributed by atoms with E-state index in [2.05, 4.69) is 18.9 Å². The van der Waals surface area contributed by atoms with Gasteiger partial charge in [0.05, 0.1) is 13.0 Å². The molecule has 4 nitrogen and oxygen atoms in total. The van der Waals surface area contributed by atoms with Gasteiger partial charge < -0.3 is 14.5 Å². The predicted octanol–water partition coefficient (Wildman–Crippen LogP) is 0.185. The number of nitrogens with zero attached hydrogens (tertiary/aromatic N) is 2. The van der Waals surface area contributed by atoms with Gasteiger partial charge in [-0.05, 0) is 14.0 Å². The van der Waals surface area contributed by atoms with Crippen molar-refractivity contribution < 1.29 is 9.53 Å². The lowest BCUT2D eigenvalue weighted by atomic mass is 10.2. The molecule has 0 radical (unpaired) electrons. The molecule has 14 heavy (non-hydrogen) atoms. The number of piperazine rings is 1. The van der Waals surface area contributed by atoms with Crippen molar-refractivity contribution in [1.82, 2.24) is 9.80 Å². The number of hydrogen-bond acceptors (Lipinski definition) is 3. The minimum atomic E-state index is 0.215. The lowest BCUT2D eigenvalue weighted by Crippen LogP contribution is -2.52. The molecule has 0 spiro atoms. The van der Waals surface area contributed by atoms with E-state index in [4.69, 9.17) is 4.74 Å². The van der Waals surface area contributed by atoms with Crippen molar-refractivity contribution in [3.8, 4) is 0 Å². The van der Waals surface area contributed by atoms with E-state index in [0.29, 0.717) is 19.1 Å². The average molecular weight is 200 g/mol. The zero-order valence-corrected chi connectivity index (χ0v) is 9.32. The topological polar surface area (TPSA) is 32.8 Å². The van der Waals surface area contributed by atoms with Gasteiger partial charge in [-0.2, -0.15) is 0 Å². The zero-order chi connectivity index (χ0) is 10.6. The molecule has 1 saturated heterocycles. The molecule has 0 aromatic heterocycles. The largest absolute Gasteiger partial charge is 0.384 e. The van der Waals surface area contributed by atoms with Crippen molar-refractivity contribution >= 4 is 5.91 Å². The van der Waals surface area contributed by atoms with Crippen LogP contribution in [-0.2, 0) is 9.53 Å². The summed E-state index contributed by atoms with van der Waals surface area (Å²) in [7, 11) is 3.72. The lowest BCUT2D eigenvalue weighted by molar-refractivity contribution is -0.134. The fourth-order valence-corrected chi connectivity index (χ4v) is 1.62. The second kappa shape index (κ2) is 5.32. The quantitative estimate of drug-likeness (QED) is 0.652. The molecular weight excluding hydrogens is 180 g/mol. The van der Waals surface area contributed by atoms with Crippen molar-refractivity contribution in [2.75, 3.05) is 40.4 Å². The van der Waals surface area contributed by atoms with E-state index in [-0.39, 0.29) is 5.91 Å². The van der Waals surface area contributed by atoms with Gasteiger partial charge in [0.25, 0.3) is 0 Å². The van der Waals surface area contributed by atoms with Crippen LogP contribution in [0.3, 0.4) is 0 Å². The number of methoxy groups -OCH3 is 1. The second-order valence-electron chi connectivity index (χ2n) is 3.91. The standard InChI is InChI=1S/C10H20N2O2/c1-9-8-12(6-5-11(9)2)10(13)4-7-14-3/h9H,4-8H2,1-3H3. The third-order valence-electron chi connectivity index (χ3n) is 2.83. The van der Waals surface area contributed by atoms with Gasteiger partial charge in [0.2, 0.25) is 5.91 Å². The van der Waals surface area contributed by atoms with E-state index >= 15 is 0 Å². The fourth-order valence-electron chi connectivity index (χ4n) is 1.62. The van der Waals surface area contributed by atoms with Crippen LogP contribution >= 0.6 is 0 Å². The molecule has 0 aromatic carbocycles. The molecule has 1 atom stereocenters. The third kappa shape index (κ3) is 2.96. The first kappa shape index (κ1) is 11.5. The number of hydrogen-bond donors (Lipinski definition) is 0. The third-order valence-corrected chi connectivity index (χ3v) is 2.83. The smallest absolute Gasteiger partial charge is 0.224 e. The van der Waals surface area contributed by atoms with Crippen LogP contribution in [0.15, 0.2) is 0 Å². The Hall–Kier alpha value is -0.610. The number of likely N-dealkylation sites (N-methyl/N-ethyl adjacent to an activating group) is 1. The molecular formula is C10H20N2O2. The first-order chi connectivity index (χ1) is 6.65. The first-order valence-electron chi connectivity index (χ1n) is 5.12. The molecule has 0 aromatic rings. The van der Waals surface area contributed by atoms with E-state index in [1.54, 1.807) is 7.11 Å². The summed E-state index contributed by atoms with van der Waals surface area (Å²) in [6.07, 6.45) is 0.507. The number of carbonyl (C=O) groups is 1. The van der Waals surface area contributed by atoms with Crippen molar-refractivity contribution in [3.05, 3.63) is 0 Å². The van der Waals surface area contributed by atoms with Crippen molar-refractivity contribution in [1.29, 1.82) is 0 Å². The summed E-state index contributed by atoms with van der Waals surface area (Å²) < 4.78 is 4.89. The maximum atomic E-state index is 11.6. The molecule has 0 saturated carbocycles. The van der Waals surface area contributed by atoms with Crippen LogP contribution in [-0.4, -0.2) is 62.1 Å². The Kier molecular flexibility index (Phi) is 4.35. The summed E-state index contributed by atoms with van der Waals surface area (Å²) >= 11 is 0. The zero-order valence-electron chi connectivity index (χ0n) is 9.32. The Balaban J connectivity index is 2.34. The van der Waals surface area contributed by atoms with Crippen molar-refractivity contribution in [2.24, 2.45) is 0 Å². The Morgan fingerprint density at radius 1 is 1.50 bits per heavy atom. The minimum absolute atomic E-state index is 0.215. The van der Waals surface area contributed by atoms with Gasteiger partial charge in [0.1, 0.15) is 0 Å². The van der Waals surface area contributed by atoms with Crippen LogP contribution in [0.25, 0.3) is 0 Å². The fraction of sp³-hybridized carbons (Fsp3) is 0.900. The number of rotatable bonds is 3. The molecule has 82 valence electrons. The Morgan fingerprint density at radius 3 is 2.79 bits per heavy atom. The highest BCUT2D eigenvalue weighted by molar-refractivity contribution is 5.76. The van der Waals surface area contributed by atoms with Gasteiger partial charge in [0.15, 0.2) is 0 Å². The summed E-state index contributed by atoms with van der Waals surface area (Å²) in [6, 6.07) is 0.468. The Bertz CT molecular complexity index is 197. The summed E-state index contributed by atoms with van der Waals surface area (Å²) in [5, 5.41) is 0. The SMILES string of the molecule is COCCC(=O)N1CCN(C)C(C)C1. The van der Waals surface area contributed by atoms with Crippen LogP contribution < -0.4 is 0 Å². The summed E-state index contributed by atoms with van der Waals surface area (Å²) in [5.41, 5.74) is 0.